The van der Waals surface area contributed by atoms with Gasteiger partial charge in [-0.3, -0.25) is 4.79 Å². The lowest BCUT2D eigenvalue weighted by atomic mass is 10.2. The summed E-state index contributed by atoms with van der Waals surface area (Å²) >= 11 is 9.54. The van der Waals surface area contributed by atoms with E-state index in [4.69, 9.17) is 11.6 Å². The predicted octanol–water partition coefficient (Wildman–Crippen LogP) is 5.29. The molecular formula is C21H19BrClN3O2. The van der Waals surface area contributed by atoms with Crippen LogP contribution in [0.4, 0.5) is 0 Å². The van der Waals surface area contributed by atoms with Crippen molar-refractivity contribution in [2.24, 2.45) is 5.10 Å². The minimum absolute atomic E-state index is 0.106. The lowest BCUT2D eigenvalue weighted by molar-refractivity contribution is 0.0952. The average Bonchev–Trinajstić information content (AvgIpc) is 2.93. The zero-order valence-corrected chi connectivity index (χ0v) is 18.0. The number of hydrazone groups is 1. The molecule has 1 heterocycles. The van der Waals surface area contributed by atoms with Gasteiger partial charge in [0.05, 0.1) is 11.8 Å². The molecule has 28 heavy (non-hydrogen) atoms. The first kappa shape index (κ1) is 20.2. The fourth-order valence-corrected chi connectivity index (χ4v) is 3.48. The van der Waals surface area contributed by atoms with Gasteiger partial charge in [-0.05, 0) is 62.7 Å². The number of carbonyl (C=O) groups excluding carboxylic acids is 1. The maximum atomic E-state index is 12.2. The van der Waals surface area contributed by atoms with E-state index in [1.807, 2.05) is 45.0 Å². The zero-order valence-electron chi connectivity index (χ0n) is 15.6. The van der Waals surface area contributed by atoms with Gasteiger partial charge in [-0.25, -0.2) is 5.43 Å². The van der Waals surface area contributed by atoms with E-state index in [1.165, 1.54) is 12.1 Å². The number of hydrogen-bond acceptors (Lipinski definition) is 3. The van der Waals surface area contributed by atoms with E-state index in [0.717, 1.165) is 28.2 Å². The first-order chi connectivity index (χ1) is 13.3. The maximum absolute atomic E-state index is 12.2. The highest BCUT2D eigenvalue weighted by atomic mass is 79.9. The van der Waals surface area contributed by atoms with Gasteiger partial charge in [0.25, 0.3) is 5.91 Å². The van der Waals surface area contributed by atoms with Gasteiger partial charge < -0.3 is 9.67 Å². The topological polar surface area (TPSA) is 66.6 Å². The Morgan fingerprint density at radius 2 is 1.93 bits per heavy atom. The van der Waals surface area contributed by atoms with Gasteiger partial charge in [-0.1, -0.05) is 33.6 Å². The minimum Gasteiger partial charge on any atom is -0.507 e. The molecule has 1 amide bonds. The molecule has 2 N–H and O–H groups in total. The molecule has 2 aromatic carbocycles. The highest BCUT2D eigenvalue weighted by Crippen LogP contribution is 2.24. The molecule has 0 aliphatic carbocycles. The van der Waals surface area contributed by atoms with Crippen molar-refractivity contribution in [1.82, 2.24) is 9.99 Å². The Kier molecular flexibility index (Phi) is 5.91. The van der Waals surface area contributed by atoms with Gasteiger partial charge in [-0.15, -0.1) is 0 Å². The molecule has 0 unspecified atom stereocenters. The van der Waals surface area contributed by atoms with Crippen LogP contribution in [0.5, 0.6) is 5.75 Å². The van der Waals surface area contributed by atoms with Crippen LogP contribution in [0.25, 0.3) is 5.69 Å². The number of phenols is 1. The molecule has 7 heteroatoms. The molecular weight excluding hydrogens is 442 g/mol. The van der Waals surface area contributed by atoms with Gasteiger partial charge in [-0.2, -0.15) is 5.10 Å². The number of rotatable bonds is 4. The van der Waals surface area contributed by atoms with Crippen molar-refractivity contribution in [2.45, 2.75) is 20.8 Å². The third-order valence-corrected chi connectivity index (χ3v) is 5.36. The molecule has 3 rings (SSSR count). The van der Waals surface area contributed by atoms with E-state index >= 15 is 0 Å². The first-order valence-corrected chi connectivity index (χ1v) is 9.72. The number of aromatic hydroxyl groups is 1. The number of phenolic OH excluding ortho intramolecular Hbond substituents is 1. The molecule has 0 atom stereocenters. The van der Waals surface area contributed by atoms with Crippen molar-refractivity contribution >= 4 is 39.7 Å². The molecule has 0 bridgehead atoms. The van der Waals surface area contributed by atoms with Crippen molar-refractivity contribution in [3.05, 3.63) is 80.0 Å². The average molecular weight is 461 g/mol. The van der Waals surface area contributed by atoms with E-state index in [1.54, 1.807) is 12.3 Å². The molecule has 0 fully saturated rings. The highest BCUT2D eigenvalue weighted by molar-refractivity contribution is 9.10. The van der Waals surface area contributed by atoms with E-state index in [9.17, 15) is 9.90 Å². The van der Waals surface area contributed by atoms with Crippen molar-refractivity contribution in [3.8, 4) is 11.4 Å². The Hall–Kier alpha value is -2.57. The molecule has 1 aromatic heterocycles. The number of nitrogens with one attached hydrogen (secondary N) is 1. The van der Waals surface area contributed by atoms with Crippen LogP contribution in [0.15, 0.2) is 52.0 Å². The monoisotopic (exact) mass is 459 g/mol. The molecule has 0 saturated carbocycles. The standard InChI is InChI=1S/C21H19BrClN3O2/c1-12-4-6-17(10-19(12)23)26-13(2)8-15(14(26)3)11-24-25-21(28)18-9-16(22)5-7-20(18)27/h4-11,27H,1-3H3,(H,25,28)/b24-11-. The summed E-state index contributed by atoms with van der Waals surface area (Å²) in [7, 11) is 0. The fourth-order valence-electron chi connectivity index (χ4n) is 2.95. The smallest absolute Gasteiger partial charge is 0.275 e. The van der Waals surface area contributed by atoms with Crippen LogP contribution in [-0.4, -0.2) is 21.8 Å². The van der Waals surface area contributed by atoms with Crippen molar-refractivity contribution in [1.29, 1.82) is 0 Å². The molecule has 0 aliphatic rings. The summed E-state index contributed by atoms with van der Waals surface area (Å²) in [5.74, 6) is -0.598. The van der Waals surface area contributed by atoms with Crippen molar-refractivity contribution < 1.29 is 9.90 Å². The summed E-state index contributed by atoms with van der Waals surface area (Å²) in [6.45, 7) is 5.94. The number of carbonyl (C=O) groups is 1. The van der Waals surface area contributed by atoms with Crippen LogP contribution in [-0.2, 0) is 0 Å². The Bertz CT molecular complexity index is 1090. The van der Waals surface area contributed by atoms with Gasteiger partial charge in [0.2, 0.25) is 0 Å². The lowest BCUT2D eigenvalue weighted by Gasteiger charge is -2.11. The highest BCUT2D eigenvalue weighted by Gasteiger charge is 2.12. The van der Waals surface area contributed by atoms with Crippen molar-refractivity contribution in [3.63, 3.8) is 0 Å². The fraction of sp³-hybridized carbons (Fsp3) is 0.143. The van der Waals surface area contributed by atoms with Gasteiger partial charge in [0, 0.05) is 32.1 Å². The number of aromatic nitrogens is 1. The number of halogens is 2. The van der Waals surface area contributed by atoms with Crippen LogP contribution >= 0.6 is 27.5 Å². The Labute approximate surface area is 176 Å². The third kappa shape index (κ3) is 4.13. The van der Waals surface area contributed by atoms with Crippen LogP contribution in [0.3, 0.4) is 0 Å². The SMILES string of the molecule is Cc1ccc(-n2c(C)cc(/C=N\NC(=O)c3cc(Br)ccc3O)c2C)cc1Cl. The van der Waals surface area contributed by atoms with E-state index in [2.05, 4.69) is 31.0 Å². The molecule has 3 aromatic rings. The Balaban J connectivity index is 1.82. The zero-order chi connectivity index (χ0) is 20.4. The van der Waals surface area contributed by atoms with Gasteiger partial charge in [0.15, 0.2) is 0 Å². The summed E-state index contributed by atoms with van der Waals surface area (Å²) in [6, 6.07) is 12.5. The minimum atomic E-state index is -0.492. The summed E-state index contributed by atoms with van der Waals surface area (Å²) in [6.07, 6.45) is 1.58. The quantitative estimate of drug-likeness (QED) is 0.410. The second-order valence-corrected chi connectivity index (χ2v) is 7.78. The molecule has 5 nitrogen and oxygen atoms in total. The van der Waals surface area contributed by atoms with Crippen LogP contribution < -0.4 is 5.43 Å². The number of amides is 1. The lowest BCUT2D eigenvalue weighted by Crippen LogP contribution is -2.17. The molecule has 0 radical (unpaired) electrons. The van der Waals surface area contributed by atoms with Crippen LogP contribution in [0, 0.1) is 20.8 Å². The summed E-state index contributed by atoms with van der Waals surface area (Å²) in [5, 5.41) is 14.6. The third-order valence-electron chi connectivity index (χ3n) is 4.46. The Morgan fingerprint density at radius 1 is 1.18 bits per heavy atom. The summed E-state index contributed by atoms with van der Waals surface area (Å²) in [5.41, 5.74) is 7.44. The summed E-state index contributed by atoms with van der Waals surface area (Å²) in [4.78, 5) is 12.2. The molecule has 0 spiro atoms. The second-order valence-electron chi connectivity index (χ2n) is 6.46. The predicted molar refractivity (Wildman–Crippen MR) is 116 cm³/mol. The first-order valence-electron chi connectivity index (χ1n) is 8.55. The maximum Gasteiger partial charge on any atom is 0.275 e. The summed E-state index contributed by atoms with van der Waals surface area (Å²) < 4.78 is 2.77. The van der Waals surface area contributed by atoms with E-state index < -0.39 is 5.91 Å². The largest absolute Gasteiger partial charge is 0.507 e. The molecule has 0 saturated heterocycles. The van der Waals surface area contributed by atoms with Gasteiger partial charge in [0.1, 0.15) is 5.75 Å². The van der Waals surface area contributed by atoms with E-state index in [-0.39, 0.29) is 11.3 Å². The molecule has 144 valence electrons. The number of benzene rings is 2. The molecule has 0 aliphatic heterocycles. The normalized spacial score (nSPS) is 11.2. The second kappa shape index (κ2) is 8.20. The number of hydrogen-bond donors (Lipinski definition) is 2. The number of nitrogens with zero attached hydrogens (tertiary/aromatic N) is 2. The van der Waals surface area contributed by atoms with E-state index in [0.29, 0.717) is 9.50 Å². The van der Waals surface area contributed by atoms with Crippen molar-refractivity contribution in [2.75, 3.05) is 0 Å². The van der Waals surface area contributed by atoms with Crippen LogP contribution in [0.2, 0.25) is 5.02 Å². The number of aryl methyl sites for hydroxylation is 2. The van der Waals surface area contributed by atoms with Crippen LogP contribution in [0.1, 0.15) is 32.9 Å². The Morgan fingerprint density at radius 3 is 2.64 bits per heavy atom. The van der Waals surface area contributed by atoms with Gasteiger partial charge >= 0.3 is 0 Å².